The molecule has 0 unspecified atom stereocenters. The first kappa shape index (κ1) is 12.2. The quantitative estimate of drug-likeness (QED) is 0.638. The van der Waals surface area contributed by atoms with Crippen LogP contribution in [0.3, 0.4) is 0 Å². The summed E-state index contributed by atoms with van der Waals surface area (Å²) >= 11 is 2.18. The fraction of sp³-hybridized carbons (Fsp3) is 0.0769. The van der Waals surface area contributed by atoms with Crippen molar-refractivity contribution in [2.24, 2.45) is 0 Å². The van der Waals surface area contributed by atoms with Crippen LogP contribution in [0.25, 0.3) is 0 Å². The predicted octanol–water partition coefficient (Wildman–Crippen LogP) is 4.06. The van der Waals surface area contributed by atoms with E-state index in [0.29, 0.717) is 17.1 Å². The van der Waals surface area contributed by atoms with Gasteiger partial charge in [-0.2, -0.15) is 0 Å². The molecule has 0 aromatic heterocycles. The Kier molecular flexibility index (Phi) is 3.51. The van der Waals surface area contributed by atoms with E-state index < -0.39 is 0 Å². The zero-order chi connectivity index (χ0) is 12.4. The first-order chi connectivity index (χ1) is 8.06. The summed E-state index contributed by atoms with van der Waals surface area (Å²) in [6.45, 7) is 1.85. The molecule has 2 nitrogen and oxygen atoms in total. The van der Waals surface area contributed by atoms with E-state index in [-0.39, 0.29) is 5.82 Å². The second-order valence-electron chi connectivity index (χ2n) is 3.84. The lowest BCUT2D eigenvalue weighted by atomic mass is 10.2. The molecule has 0 radical (unpaired) electrons. The minimum absolute atomic E-state index is 0.275. The molecule has 88 valence electrons. The number of hydrogen-bond donors (Lipinski definition) is 2. The van der Waals surface area contributed by atoms with Crippen LogP contribution >= 0.6 is 22.6 Å². The average molecular weight is 342 g/mol. The highest BCUT2D eigenvalue weighted by Gasteiger charge is 2.05. The van der Waals surface area contributed by atoms with Gasteiger partial charge in [0.1, 0.15) is 5.82 Å². The molecule has 0 fully saturated rings. The molecule has 3 N–H and O–H groups in total. The SMILES string of the molecule is Cc1ccc(Nc2ccc(I)cc2N)c(F)c1. The Bertz CT molecular complexity index is 506. The van der Waals surface area contributed by atoms with E-state index in [9.17, 15) is 4.39 Å². The molecule has 17 heavy (non-hydrogen) atoms. The lowest BCUT2D eigenvalue weighted by molar-refractivity contribution is 0.631. The van der Waals surface area contributed by atoms with Crippen LogP contribution in [0.15, 0.2) is 36.4 Å². The molecule has 0 saturated heterocycles. The van der Waals surface area contributed by atoms with Crippen LogP contribution in [-0.4, -0.2) is 0 Å². The summed E-state index contributed by atoms with van der Waals surface area (Å²) in [5, 5.41) is 2.99. The number of nitrogens with one attached hydrogen (secondary N) is 1. The third-order valence-electron chi connectivity index (χ3n) is 2.41. The van der Waals surface area contributed by atoms with E-state index >= 15 is 0 Å². The smallest absolute Gasteiger partial charge is 0.146 e. The summed E-state index contributed by atoms with van der Waals surface area (Å²) in [6, 6.07) is 10.7. The monoisotopic (exact) mass is 342 g/mol. The van der Waals surface area contributed by atoms with E-state index in [1.165, 1.54) is 6.07 Å². The molecule has 2 aromatic rings. The van der Waals surface area contributed by atoms with Crippen molar-refractivity contribution < 1.29 is 4.39 Å². The molecular formula is C13H12FIN2. The Morgan fingerprint density at radius 1 is 1.12 bits per heavy atom. The van der Waals surface area contributed by atoms with Gasteiger partial charge >= 0.3 is 0 Å². The fourth-order valence-corrected chi connectivity index (χ4v) is 2.03. The van der Waals surface area contributed by atoms with Crippen LogP contribution in [0, 0.1) is 16.3 Å². The molecule has 0 atom stereocenters. The molecule has 2 aromatic carbocycles. The van der Waals surface area contributed by atoms with Crippen molar-refractivity contribution in [3.8, 4) is 0 Å². The van der Waals surface area contributed by atoms with Crippen LogP contribution in [-0.2, 0) is 0 Å². The summed E-state index contributed by atoms with van der Waals surface area (Å²) in [6.07, 6.45) is 0. The number of anilines is 3. The van der Waals surface area contributed by atoms with Gasteiger partial charge in [-0.3, -0.25) is 0 Å². The van der Waals surface area contributed by atoms with Crippen molar-refractivity contribution in [2.75, 3.05) is 11.1 Å². The van der Waals surface area contributed by atoms with Crippen molar-refractivity contribution in [3.63, 3.8) is 0 Å². The van der Waals surface area contributed by atoms with Gasteiger partial charge in [0.05, 0.1) is 17.1 Å². The number of aryl methyl sites for hydroxylation is 1. The van der Waals surface area contributed by atoms with Crippen LogP contribution < -0.4 is 11.1 Å². The van der Waals surface area contributed by atoms with Gasteiger partial charge in [0, 0.05) is 3.57 Å². The number of halogens is 2. The van der Waals surface area contributed by atoms with E-state index in [0.717, 1.165) is 9.13 Å². The Hall–Kier alpha value is -1.30. The van der Waals surface area contributed by atoms with E-state index in [1.54, 1.807) is 6.07 Å². The van der Waals surface area contributed by atoms with Gasteiger partial charge in [-0.05, 0) is 65.4 Å². The second kappa shape index (κ2) is 4.91. The van der Waals surface area contributed by atoms with Gasteiger partial charge in [0.2, 0.25) is 0 Å². The third-order valence-corrected chi connectivity index (χ3v) is 3.08. The Morgan fingerprint density at radius 2 is 1.82 bits per heavy atom. The number of nitrogen functional groups attached to an aromatic ring is 1. The van der Waals surface area contributed by atoms with E-state index in [4.69, 9.17) is 5.73 Å². The molecule has 0 aliphatic heterocycles. The second-order valence-corrected chi connectivity index (χ2v) is 5.09. The first-order valence-electron chi connectivity index (χ1n) is 5.14. The molecule has 0 amide bonds. The van der Waals surface area contributed by atoms with E-state index in [1.807, 2.05) is 31.2 Å². The van der Waals surface area contributed by atoms with Crippen LogP contribution in [0.4, 0.5) is 21.5 Å². The fourth-order valence-electron chi connectivity index (χ4n) is 1.51. The maximum atomic E-state index is 13.6. The minimum Gasteiger partial charge on any atom is -0.397 e. The number of rotatable bonds is 2. The molecule has 0 heterocycles. The predicted molar refractivity (Wildman–Crippen MR) is 78.0 cm³/mol. The highest BCUT2D eigenvalue weighted by atomic mass is 127. The van der Waals surface area contributed by atoms with Crippen LogP contribution in [0.1, 0.15) is 5.56 Å². The van der Waals surface area contributed by atoms with Gasteiger partial charge in [-0.1, -0.05) is 6.07 Å². The zero-order valence-electron chi connectivity index (χ0n) is 9.30. The van der Waals surface area contributed by atoms with Crippen molar-refractivity contribution in [2.45, 2.75) is 6.92 Å². The van der Waals surface area contributed by atoms with Gasteiger partial charge in [-0.15, -0.1) is 0 Å². The van der Waals surface area contributed by atoms with E-state index in [2.05, 4.69) is 27.9 Å². The topological polar surface area (TPSA) is 38.0 Å². The number of nitrogens with two attached hydrogens (primary N) is 1. The number of hydrogen-bond acceptors (Lipinski definition) is 2. The standard InChI is InChI=1S/C13H12FIN2/c1-8-2-4-12(10(14)6-8)17-13-5-3-9(15)7-11(13)16/h2-7,17H,16H2,1H3. The summed E-state index contributed by atoms with van der Waals surface area (Å²) < 4.78 is 14.7. The maximum absolute atomic E-state index is 13.6. The summed E-state index contributed by atoms with van der Waals surface area (Å²) in [7, 11) is 0. The highest BCUT2D eigenvalue weighted by molar-refractivity contribution is 14.1. The van der Waals surface area contributed by atoms with Crippen molar-refractivity contribution in [1.29, 1.82) is 0 Å². The Labute approximate surface area is 113 Å². The van der Waals surface area contributed by atoms with Crippen LogP contribution in [0.2, 0.25) is 0 Å². The molecule has 2 rings (SSSR count). The molecule has 0 aliphatic rings. The average Bonchev–Trinajstić information content (AvgIpc) is 2.25. The Balaban J connectivity index is 2.31. The van der Waals surface area contributed by atoms with Crippen molar-refractivity contribution in [1.82, 2.24) is 0 Å². The summed E-state index contributed by atoms with van der Waals surface area (Å²) in [4.78, 5) is 0. The van der Waals surface area contributed by atoms with Gasteiger partial charge < -0.3 is 11.1 Å². The summed E-state index contributed by atoms with van der Waals surface area (Å²) in [5.41, 5.74) is 8.51. The lowest BCUT2D eigenvalue weighted by Crippen LogP contribution is -1.98. The zero-order valence-corrected chi connectivity index (χ0v) is 11.5. The highest BCUT2D eigenvalue weighted by Crippen LogP contribution is 2.26. The summed E-state index contributed by atoms with van der Waals surface area (Å²) in [5.74, 6) is -0.275. The number of benzene rings is 2. The molecule has 0 bridgehead atoms. The molecule has 0 saturated carbocycles. The molecule has 0 aliphatic carbocycles. The van der Waals surface area contributed by atoms with Crippen molar-refractivity contribution >= 4 is 39.7 Å². The van der Waals surface area contributed by atoms with Gasteiger partial charge in [0.15, 0.2) is 0 Å². The minimum atomic E-state index is -0.275. The molecule has 0 spiro atoms. The Morgan fingerprint density at radius 3 is 2.47 bits per heavy atom. The molecular weight excluding hydrogens is 330 g/mol. The maximum Gasteiger partial charge on any atom is 0.146 e. The molecule has 4 heteroatoms. The largest absolute Gasteiger partial charge is 0.397 e. The third kappa shape index (κ3) is 2.88. The van der Waals surface area contributed by atoms with Crippen molar-refractivity contribution in [3.05, 3.63) is 51.3 Å². The lowest BCUT2D eigenvalue weighted by Gasteiger charge is -2.10. The van der Waals surface area contributed by atoms with Crippen LogP contribution in [0.5, 0.6) is 0 Å². The first-order valence-corrected chi connectivity index (χ1v) is 6.22. The van der Waals surface area contributed by atoms with Gasteiger partial charge in [0.25, 0.3) is 0 Å². The van der Waals surface area contributed by atoms with Gasteiger partial charge in [-0.25, -0.2) is 4.39 Å². The normalized spacial score (nSPS) is 10.3.